The highest BCUT2D eigenvalue weighted by atomic mass is 31.2. The van der Waals surface area contributed by atoms with Crippen molar-refractivity contribution in [2.24, 2.45) is 0 Å². The molecule has 33 heavy (non-hydrogen) atoms. The molecule has 3 heterocycles. The first-order valence-electron chi connectivity index (χ1n) is 11.0. The van der Waals surface area contributed by atoms with Gasteiger partial charge in [0.05, 0.1) is 17.1 Å². The van der Waals surface area contributed by atoms with Crippen LogP contribution < -0.4 is 11.3 Å². The predicted octanol–water partition coefficient (Wildman–Crippen LogP) is 1.20. The van der Waals surface area contributed by atoms with Crippen molar-refractivity contribution in [1.82, 2.24) is 14.5 Å². The summed E-state index contributed by atoms with van der Waals surface area (Å²) in [5.74, 6) is -0.108. The molecule has 0 bridgehead atoms. The summed E-state index contributed by atoms with van der Waals surface area (Å²) in [5, 5.41) is 30.1. The number of nitrogen functional groups attached to an aromatic ring is 1. The van der Waals surface area contributed by atoms with Crippen LogP contribution in [0, 0.1) is 0 Å². The molecule has 1 saturated heterocycles. The number of ether oxygens (including phenoxy) is 1. The van der Waals surface area contributed by atoms with Gasteiger partial charge in [-0.3, -0.25) is 18.9 Å². The molecule has 1 aliphatic rings. The van der Waals surface area contributed by atoms with Gasteiger partial charge in [-0.25, -0.2) is 0 Å². The Kier molecular flexibility index (Phi) is 7.12. The second kappa shape index (κ2) is 9.10. The number of aromatic amines is 1. The largest absolute Gasteiger partial charge is 0.388 e. The second-order valence-corrected chi connectivity index (χ2v) is 10.9. The minimum atomic E-state index is -4.46. The number of aliphatic hydroxyl groups is 3. The maximum atomic E-state index is 12.9. The first-order chi connectivity index (χ1) is 15.3. The van der Waals surface area contributed by atoms with Crippen molar-refractivity contribution in [3.05, 3.63) is 22.6 Å². The van der Waals surface area contributed by atoms with E-state index in [9.17, 15) is 29.6 Å². The van der Waals surface area contributed by atoms with Gasteiger partial charge in [-0.1, -0.05) is 20.8 Å². The summed E-state index contributed by atoms with van der Waals surface area (Å²) in [6.07, 6.45) is -2.70. The van der Waals surface area contributed by atoms with Crippen LogP contribution in [0.15, 0.2) is 17.1 Å². The predicted molar refractivity (Wildman–Crippen MR) is 120 cm³/mol. The Morgan fingerprint density at radius 2 is 1.91 bits per heavy atom. The zero-order chi connectivity index (χ0) is 24.8. The third-order valence-corrected chi connectivity index (χ3v) is 8.84. The smallest absolute Gasteiger partial charge is 0.359 e. The highest BCUT2D eigenvalue weighted by Gasteiger charge is 2.51. The zero-order valence-electron chi connectivity index (χ0n) is 19.1. The van der Waals surface area contributed by atoms with Gasteiger partial charge in [-0.2, -0.15) is 4.98 Å². The van der Waals surface area contributed by atoms with E-state index in [2.05, 4.69) is 9.97 Å². The Hall–Kier alpha value is -1.79. The molecule has 2 aromatic rings. The SMILES string of the molecule is CCC(CC)(CC1O[C@@H](n2ccc3c(=O)[nH]c(N)nc32)[C@H](O)[C@@H]1O)OP(=O)(O)C(C)(O)CC. The van der Waals surface area contributed by atoms with E-state index >= 15 is 0 Å². The molecule has 7 N–H and O–H groups in total. The molecule has 3 unspecified atom stereocenters. The van der Waals surface area contributed by atoms with E-state index in [0.29, 0.717) is 12.8 Å². The van der Waals surface area contributed by atoms with Gasteiger partial charge in [0, 0.05) is 12.6 Å². The number of fused-ring (bicyclic) bond motifs is 1. The Morgan fingerprint density at radius 3 is 2.48 bits per heavy atom. The van der Waals surface area contributed by atoms with Gasteiger partial charge in [-0.15, -0.1) is 0 Å². The lowest BCUT2D eigenvalue weighted by atomic mass is 9.88. The maximum Gasteiger partial charge on any atom is 0.359 e. The molecule has 0 amide bonds. The molecule has 6 atom stereocenters. The molecular formula is C20H33N4O8P. The fraction of sp³-hybridized carbons (Fsp3) is 0.700. The Balaban J connectivity index is 1.90. The van der Waals surface area contributed by atoms with Gasteiger partial charge in [0.1, 0.15) is 12.2 Å². The Morgan fingerprint density at radius 1 is 1.27 bits per heavy atom. The molecule has 12 nitrogen and oxygen atoms in total. The van der Waals surface area contributed by atoms with Crippen molar-refractivity contribution in [1.29, 1.82) is 0 Å². The topological polar surface area (TPSA) is 193 Å². The van der Waals surface area contributed by atoms with Gasteiger partial charge >= 0.3 is 7.60 Å². The van der Waals surface area contributed by atoms with Crippen molar-refractivity contribution < 1.29 is 34.0 Å². The van der Waals surface area contributed by atoms with Gasteiger partial charge in [0.15, 0.2) is 17.2 Å². The van der Waals surface area contributed by atoms with Crippen LogP contribution >= 0.6 is 7.60 Å². The summed E-state index contributed by atoms with van der Waals surface area (Å²) in [7, 11) is -4.46. The van der Waals surface area contributed by atoms with Crippen LogP contribution in [0.25, 0.3) is 11.0 Å². The molecule has 0 aliphatic carbocycles. The quantitative estimate of drug-likeness (QED) is 0.279. The van der Waals surface area contributed by atoms with E-state index in [1.165, 1.54) is 23.8 Å². The minimum Gasteiger partial charge on any atom is -0.388 e. The summed E-state index contributed by atoms with van der Waals surface area (Å²) in [6, 6.07) is 1.50. The van der Waals surface area contributed by atoms with E-state index in [1.807, 2.05) is 0 Å². The van der Waals surface area contributed by atoms with Gasteiger partial charge in [0.2, 0.25) is 5.95 Å². The van der Waals surface area contributed by atoms with Crippen LogP contribution in [0.2, 0.25) is 0 Å². The second-order valence-electron chi connectivity index (χ2n) is 8.73. The fourth-order valence-corrected chi connectivity index (χ4v) is 5.48. The van der Waals surface area contributed by atoms with Crippen LogP contribution in [0.3, 0.4) is 0 Å². The van der Waals surface area contributed by atoms with E-state index in [0.717, 1.165) is 0 Å². The first-order valence-corrected chi connectivity index (χ1v) is 12.5. The Labute approximate surface area is 190 Å². The van der Waals surface area contributed by atoms with Crippen molar-refractivity contribution in [3.8, 4) is 0 Å². The summed E-state index contributed by atoms with van der Waals surface area (Å²) >= 11 is 0. The van der Waals surface area contributed by atoms with Crippen molar-refractivity contribution >= 4 is 24.6 Å². The van der Waals surface area contributed by atoms with E-state index < -0.39 is 48.6 Å². The van der Waals surface area contributed by atoms with Gasteiger partial charge < -0.3 is 35.3 Å². The molecule has 0 aromatic carbocycles. The fourth-order valence-electron chi connectivity index (χ4n) is 4.03. The molecule has 2 aromatic heterocycles. The maximum absolute atomic E-state index is 12.9. The number of nitrogens with zero attached hydrogens (tertiary/aromatic N) is 2. The number of aromatic nitrogens is 3. The van der Waals surface area contributed by atoms with Crippen LogP contribution in [-0.2, 0) is 13.8 Å². The number of H-pyrrole nitrogens is 1. The van der Waals surface area contributed by atoms with E-state index in [1.54, 1.807) is 20.8 Å². The van der Waals surface area contributed by atoms with Crippen LogP contribution in [0.5, 0.6) is 0 Å². The average molecular weight is 488 g/mol. The van der Waals surface area contributed by atoms with Crippen molar-refractivity contribution in [2.75, 3.05) is 5.73 Å². The lowest BCUT2D eigenvalue weighted by molar-refractivity contribution is -0.0752. The number of anilines is 1. The normalized spacial score (nSPS) is 27.5. The molecule has 0 saturated carbocycles. The van der Waals surface area contributed by atoms with Gasteiger partial charge in [-0.05, 0) is 32.3 Å². The molecule has 1 aliphatic heterocycles. The van der Waals surface area contributed by atoms with Crippen LogP contribution in [0.4, 0.5) is 5.95 Å². The highest BCUT2D eigenvalue weighted by molar-refractivity contribution is 7.54. The first kappa shape index (κ1) is 25.8. The van der Waals surface area contributed by atoms with Gasteiger partial charge in [0.25, 0.3) is 5.56 Å². The molecule has 13 heteroatoms. The summed E-state index contributed by atoms with van der Waals surface area (Å²) in [4.78, 5) is 29.1. The number of rotatable bonds is 9. The molecule has 0 radical (unpaired) electrons. The van der Waals surface area contributed by atoms with Crippen molar-refractivity contribution in [2.45, 2.75) is 88.9 Å². The number of aliphatic hydroxyl groups excluding tert-OH is 2. The summed E-state index contributed by atoms with van der Waals surface area (Å²) in [5.41, 5.74) is 4.17. The van der Waals surface area contributed by atoms with Crippen LogP contribution in [0.1, 0.15) is 59.6 Å². The monoisotopic (exact) mass is 488 g/mol. The number of hydrogen-bond donors (Lipinski definition) is 6. The average Bonchev–Trinajstić information content (AvgIpc) is 3.29. The molecule has 0 spiro atoms. The van der Waals surface area contributed by atoms with Crippen molar-refractivity contribution in [3.63, 3.8) is 0 Å². The zero-order valence-corrected chi connectivity index (χ0v) is 20.0. The third kappa shape index (κ3) is 4.61. The lowest BCUT2D eigenvalue weighted by Crippen LogP contribution is -2.41. The number of nitrogens with one attached hydrogen (secondary N) is 1. The summed E-state index contributed by atoms with van der Waals surface area (Å²) < 4.78 is 25.9. The molecule has 186 valence electrons. The summed E-state index contributed by atoms with van der Waals surface area (Å²) in [6.45, 7) is 6.33. The number of hydrogen-bond acceptors (Lipinski definition) is 9. The molecule has 1 fully saturated rings. The third-order valence-electron chi connectivity index (χ3n) is 6.67. The highest BCUT2D eigenvalue weighted by Crippen LogP contribution is 2.59. The molecule has 3 rings (SSSR count). The number of nitrogens with two attached hydrogens (primary N) is 1. The Bertz CT molecular complexity index is 1100. The van der Waals surface area contributed by atoms with Crippen LogP contribution in [-0.4, -0.2) is 64.0 Å². The molecular weight excluding hydrogens is 455 g/mol. The minimum absolute atomic E-state index is 0.00357. The standard InChI is InChI=1S/C20H33N4O8P/c1-5-19(4,28)33(29,30)32-20(6-2,7-3)10-12-13(25)14(26)17(31-12)24-9-8-11-15(24)22-18(21)23-16(11)27/h8-9,12-14,17,25-26,28H,5-7,10H2,1-4H3,(H,29,30)(H3,21,22,23,27)/t12?,13-,14-,17-,19?/m1/s1. The lowest BCUT2D eigenvalue weighted by Gasteiger charge is -2.39. The van der Waals surface area contributed by atoms with E-state index in [4.69, 9.17) is 15.0 Å². The van der Waals surface area contributed by atoms with E-state index in [-0.39, 0.29) is 29.8 Å².